The van der Waals surface area contributed by atoms with Gasteiger partial charge >= 0.3 is 6.09 Å². The zero-order valence-corrected chi connectivity index (χ0v) is 6.64. The zero-order valence-electron chi connectivity index (χ0n) is 6.64. The van der Waals surface area contributed by atoms with Crippen LogP contribution in [0.4, 0.5) is 4.79 Å². The van der Waals surface area contributed by atoms with Crippen molar-refractivity contribution in [1.29, 1.82) is 0 Å². The molecule has 2 aliphatic rings. The molecule has 1 amide bonds. The highest BCUT2D eigenvalue weighted by Gasteiger charge is 2.46. The first-order chi connectivity index (χ1) is 5.74. The predicted molar refractivity (Wildman–Crippen MR) is 40.4 cm³/mol. The van der Waals surface area contributed by atoms with Gasteiger partial charge in [-0.15, -0.1) is 0 Å². The van der Waals surface area contributed by atoms with Gasteiger partial charge in [0.1, 0.15) is 6.61 Å². The second-order valence-electron chi connectivity index (χ2n) is 3.32. The third kappa shape index (κ3) is 0.899. The molecule has 2 aliphatic heterocycles. The summed E-state index contributed by atoms with van der Waals surface area (Å²) in [7, 11) is 0. The van der Waals surface area contributed by atoms with Crippen molar-refractivity contribution in [3.63, 3.8) is 0 Å². The Bertz CT molecular complexity index is 209. The molecule has 0 spiro atoms. The summed E-state index contributed by atoms with van der Waals surface area (Å²) in [6.45, 7) is 0.944. The Morgan fingerprint density at radius 2 is 2.50 bits per heavy atom. The maximum Gasteiger partial charge on any atom is 0.410 e. The largest absolute Gasteiger partial charge is 0.447 e. The van der Waals surface area contributed by atoms with Crippen LogP contribution in [0, 0.1) is 5.92 Å². The van der Waals surface area contributed by atoms with Gasteiger partial charge in [0.2, 0.25) is 0 Å². The number of nitrogens with two attached hydrogens (primary N) is 1. The molecule has 0 saturated carbocycles. The van der Waals surface area contributed by atoms with Crippen LogP contribution >= 0.6 is 0 Å². The summed E-state index contributed by atoms with van der Waals surface area (Å²) >= 11 is 0. The summed E-state index contributed by atoms with van der Waals surface area (Å²) in [5.74, 6) is 0.0165. The minimum absolute atomic E-state index is 0.0165. The van der Waals surface area contributed by atoms with Crippen LogP contribution in [0.15, 0.2) is 0 Å². The Morgan fingerprint density at radius 3 is 3.08 bits per heavy atom. The lowest BCUT2D eigenvalue weighted by atomic mass is 10.0. The SMILES string of the molecule is N[C@@H]1[C@H](CO)CN2C(=O)OC[C@@H]12. The molecule has 0 unspecified atom stereocenters. The molecule has 0 aromatic heterocycles. The Hall–Kier alpha value is -0.810. The van der Waals surface area contributed by atoms with Gasteiger partial charge in [0.15, 0.2) is 0 Å². The van der Waals surface area contributed by atoms with Gasteiger partial charge in [0, 0.05) is 25.1 Å². The highest BCUT2D eigenvalue weighted by atomic mass is 16.6. The van der Waals surface area contributed by atoms with E-state index in [1.54, 1.807) is 4.90 Å². The highest BCUT2D eigenvalue weighted by Crippen LogP contribution is 2.27. The second-order valence-corrected chi connectivity index (χ2v) is 3.32. The molecular weight excluding hydrogens is 160 g/mol. The van der Waals surface area contributed by atoms with E-state index in [-0.39, 0.29) is 30.7 Å². The van der Waals surface area contributed by atoms with Crippen molar-refractivity contribution >= 4 is 6.09 Å². The first-order valence-electron chi connectivity index (χ1n) is 4.04. The van der Waals surface area contributed by atoms with Gasteiger partial charge in [-0.1, -0.05) is 0 Å². The van der Waals surface area contributed by atoms with Gasteiger partial charge in [-0.3, -0.25) is 4.90 Å². The fourth-order valence-corrected chi connectivity index (χ4v) is 1.86. The van der Waals surface area contributed by atoms with Crippen molar-refractivity contribution in [1.82, 2.24) is 4.90 Å². The minimum Gasteiger partial charge on any atom is -0.447 e. The number of hydrogen-bond acceptors (Lipinski definition) is 4. The molecule has 0 radical (unpaired) electrons. The average molecular weight is 172 g/mol. The first kappa shape index (κ1) is 7.82. The van der Waals surface area contributed by atoms with Crippen LogP contribution in [0.25, 0.3) is 0 Å². The summed E-state index contributed by atoms with van der Waals surface area (Å²) < 4.78 is 4.81. The number of fused-ring (bicyclic) bond motifs is 1. The standard InChI is InChI=1S/C7H12N2O3/c8-6-4(2-10)1-9-5(6)3-12-7(9)11/h4-6,10H,1-3,8H2/t4-,5-,6+/m0/s1. The van der Waals surface area contributed by atoms with E-state index in [1.807, 2.05) is 0 Å². The lowest BCUT2D eigenvalue weighted by Gasteiger charge is -2.14. The Morgan fingerprint density at radius 1 is 1.75 bits per heavy atom. The molecule has 0 bridgehead atoms. The van der Waals surface area contributed by atoms with Crippen molar-refractivity contribution in [2.75, 3.05) is 19.8 Å². The molecule has 0 aromatic carbocycles. The van der Waals surface area contributed by atoms with Crippen LogP contribution in [0.1, 0.15) is 0 Å². The van der Waals surface area contributed by atoms with Crippen LogP contribution < -0.4 is 5.73 Å². The Balaban J connectivity index is 2.13. The van der Waals surface area contributed by atoms with Crippen molar-refractivity contribution in [3.8, 4) is 0 Å². The van der Waals surface area contributed by atoms with E-state index in [4.69, 9.17) is 15.6 Å². The molecular formula is C7H12N2O3. The maximum absolute atomic E-state index is 11.0. The summed E-state index contributed by atoms with van der Waals surface area (Å²) in [6.07, 6.45) is -0.300. The van der Waals surface area contributed by atoms with E-state index in [0.717, 1.165) is 0 Å². The monoisotopic (exact) mass is 172 g/mol. The second kappa shape index (κ2) is 2.60. The topological polar surface area (TPSA) is 75.8 Å². The van der Waals surface area contributed by atoms with Crippen LogP contribution in [-0.2, 0) is 4.74 Å². The maximum atomic E-state index is 11.0. The molecule has 2 fully saturated rings. The third-order valence-corrected chi connectivity index (χ3v) is 2.67. The lowest BCUT2D eigenvalue weighted by Crippen LogP contribution is -2.40. The highest BCUT2D eigenvalue weighted by molar-refractivity contribution is 5.70. The summed E-state index contributed by atoms with van der Waals surface area (Å²) in [5, 5.41) is 8.92. The van der Waals surface area contributed by atoms with E-state index in [1.165, 1.54) is 0 Å². The van der Waals surface area contributed by atoms with Crippen molar-refractivity contribution in [2.24, 2.45) is 11.7 Å². The summed E-state index contributed by atoms with van der Waals surface area (Å²) in [5.41, 5.74) is 5.80. The smallest absolute Gasteiger partial charge is 0.410 e. The molecule has 12 heavy (non-hydrogen) atoms. The lowest BCUT2D eigenvalue weighted by molar-refractivity contribution is 0.149. The molecule has 0 aliphatic carbocycles. The molecule has 2 heterocycles. The fraction of sp³-hybridized carbons (Fsp3) is 0.857. The van der Waals surface area contributed by atoms with Gasteiger partial charge < -0.3 is 15.6 Å². The van der Waals surface area contributed by atoms with Gasteiger partial charge in [0.05, 0.1) is 6.04 Å². The first-order valence-corrected chi connectivity index (χ1v) is 4.04. The molecule has 2 saturated heterocycles. The van der Waals surface area contributed by atoms with E-state index in [0.29, 0.717) is 13.2 Å². The quantitative estimate of drug-likeness (QED) is 0.518. The molecule has 5 nitrogen and oxygen atoms in total. The van der Waals surface area contributed by atoms with Crippen LogP contribution in [-0.4, -0.2) is 47.9 Å². The predicted octanol–water partition coefficient (Wildman–Crippen LogP) is -1.24. The normalized spacial score (nSPS) is 40.0. The van der Waals surface area contributed by atoms with E-state index < -0.39 is 0 Å². The summed E-state index contributed by atoms with van der Waals surface area (Å²) in [6, 6.07) is -0.156. The third-order valence-electron chi connectivity index (χ3n) is 2.67. The number of carbonyl (C=O) groups excluding carboxylic acids is 1. The average Bonchev–Trinajstić information content (AvgIpc) is 2.55. The number of cyclic esters (lactones) is 1. The Kier molecular flexibility index (Phi) is 1.69. The molecule has 5 heteroatoms. The van der Waals surface area contributed by atoms with Gasteiger partial charge in [-0.05, 0) is 0 Å². The molecule has 3 atom stereocenters. The van der Waals surface area contributed by atoms with Crippen LogP contribution in [0.2, 0.25) is 0 Å². The van der Waals surface area contributed by atoms with E-state index in [2.05, 4.69) is 0 Å². The number of nitrogens with zero attached hydrogens (tertiary/aromatic N) is 1. The van der Waals surface area contributed by atoms with Crippen molar-refractivity contribution < 1.29 is 14.6 Å². The number of aliphatic hydroxyl groups excluding tert-OH is 1. The molecule has 3 N–H and O–H groups in total. The number of amides is 1. The van der Waals surface area contributed by atoms with E-state index in [9.17, 15) is 4.79 Å². The van der Waals surface area contributed by atoms with Gasteiger partial charge in [-0.25, -0.2) is 4.79 Å². The zero-order chi connectivity index (χ0) is 8.72. The number of aliphatic hydroxyl groups is 1. The molecule has 0 aromatic rings. The number of carbonyl (C=O) groups is 1. The number of ether oxygens (including phenoxy) is 1. The molecule has 2 rings (SSSR count). The summed E-state index contributed by atoms with van der Waals surface area (Å²) in [4.78, 5) is 12.6. The molecule has 68 valence electrons. The minimum atomic E-state index is -0.300. The van der Waals surface area contributed by atoms with Crippen LogP contribution in [0.3, 0.4) is 0 Å². The van der Waals surface area contributed by atoms with Crippen molar-refractivity contribution in [2.45, 2.75) is 12.1 Å². The Labute approximate surface area is 70.1 Å². The number of rotatable bonds is 1. The van der Waals surface area contributed by atoms with Gasteiger partial charge in [-0.2, -0.15) is 0 Å². The fourth-order valence-electron chi connectivity index (χ4n) is 1.86. The van der Waals surface area contributed by atoms with Crippen LogP contribution in [0.5, 0.6) is 0 Å². The van der Waals surface area contributed by atoms with Crippen molar-refractivity contribution in [3.05, 3.63) is 0 Å². The van der Waals surface area contributed by atoms with Gasteiger partial charge in [0.25, 0.3) is 0 Å². The number of hydrogen-bond donors (Lipinski definition) is 2. The van der Waals surface area contributed by atoms with E-state index >= 15 is 0 Å².